The lowest BCUT2D eigenvalue weighted by molar-refractivity contribution is -0.187. The van der Waals surface area contributed by atoms with Crippen molar-refractivity contribution < 1.29 is 44.6 Å². The van der Waals surface area contributed by atoms with Crippen molar-refractivity contribution >= 4 is 0 Å². The molecule has 1 heterocycles. The van der Waals surface area contributed by atoms with Gasteiger partial charge >= 0.3 is 6.11 Å². The molecule has 0 bridgehead atoms. The molecule has 0 aliphatic rings. The maximum Gasteiger partial charge on any atom is 0.429 e. The molecule has 0 amide bonds. The number of rotatable bonds is 7. The Labute approximate surface area is 241 Å². The number of pyridine rings is 1. The van der Waals surface area contributed by atoms with E-state index in [0.717, 1.165) is 25.0 Å². The zero-order valence-corrected chi connectivity index (χ0v) is 22.2. The fourth-order valence-corrected chi connectivity index (χ4v) is 3.53. The molecule has 220 valence electrons. The molecule has 4 aromatic rings. The van der Waals surface area contributed by atoms with Gasteiger partial charge in [0.1, 0.15) is 40.2 Å². The molecule has 11 heteroatoms. The normalized spacial score (nSPS) is 10.8. The number of hydrogen-bond donors (Lipinski definition) is 0. The van der Waals surface area contributed by atoms with Crippen LogP contribution in [0, 0.1) is 58.6 Å². The van der Waals surface area contributed by atoms with Gasteiger partial charge in [0.2, 0.25) is 0 Å². The summed E-state index contributed by atoms with van der Waals surface area (Å²) in [6, 6.07) is 7.55. The molecular weight excluding hydrogens is 582 g/mol. The predicted octanol–water partition coefficient (Wildman–Crippen LogP) is 8.02. The topological polar surface area (TPSA) is 31.4 Å². The van der Waals surface area contributed by atoms with Crippen molar-refractivity contribution in [3.63, 3.8) is 0 Å². The molecule has 0 saturated heterocycles. The standard InChI is InChI=1S/C32H19F8NO2/c1-2-3-12-42-22-9-8-21(41-18-22)7-4-19-6-11-25(28(35)13-19)32(39,40)43-23-16-26(33)24(27(34)17-23)10-5-20-14-29(36)31(38)30(37)15-20/h6,8-9,11,13-18H,2-3,12H2,1H3. The fourth-order valence-electron chi connectivity index (χ4n) is 3.53. The lowest BCUT2D eigenvalue weighted by Gasteiger charge is -2.19. The second kappa shape index (κ2) is 13.3. The average Bonchev–Trinajstić information content (AvgIpc) is 2.94. The van der Waals surface area contributed by atoms with Crippen molar-refractivity contribution in [2.24, 2.45) is 0 Å². The van der Waals surface area contributed by atoms with Gasteiger partial charge in [-0.15, -0.1) is 0 Å². The summed E-state index contributed by atoms with van der Waals surface area (Å²) in [6.45, 7) is 2.57. The third-order valence-corrected chi connectivity index (χ3v) is 5.70. The Morgan fingerprint density at radius 2 is 1.35 bits per heavy atom. The monoisotopic (exact) mass is 601 g/mol. The van der Waals surface area contributed by atoms with E-state index in [2.05, 4.69) is 27.5 Å². The summed E-state index contributed by atoms with van der Waals surface area (Å²) in [4.78, 5) is 4.11. The van der Waals surface area contributed by atoms with Crippen LogP contribution in [0.3, 0.4) is 0 Å². The van der Waals surface area contributed by atoms with Gasteiger partial charge in [0.05, 0.1) is 18.4 Å². The first kappa shape index (κ1) is 30.9. The van der Waals surface area contributed by atoms with Crippen LogP contribution in [0.4, 0.5) is 35.1 Å². The fraction of sp³-hybridized carbons (Fsp3) is 0.156. The molecule has 0 atom stereocenters. The highest BCUT2D eigenvalue weighted by molar-refractivity contribution is 5.47. The van der Waals surface area contributed by atoms with Crippen LogP contribution in [0.2, 0.25) is 0 Å². The smallest absolute Gasteiger partial charge is 0.429 e. The number of nitrogens with zero attached hydrogens (tertiary/aromatic N) is 1. The van der Waals surface area contributed by atoms with E-state index in [1.54, 1.807) is 12.1 Å². The van der Waals surface area contributed by atoms with E-state index in [-0.39, 0.29) is 5.56 Å². The third kappa shape index (κ3) is 7.83. The minimum Gasteiger partial charge on any atom is -0.492 e. The molecule has 0 radical (unpaired) electrons. The molecule has 43 heavy (non-hydrogen) atoms. The van der Waals surface area contributed by atoms with Gasteiger partial charge in [0.25, 0.3) is 0 Å². The van der Waals surface area contributed by atoms with Gasteiger partial charge in [-0.05, 0) is 54.8 Å². The maximum absolute atomic E-state index is 14.8. The van der Waals surface area contributed by atoms with Crippen molar-refractivity contribution in [3.8, 4) is 35.2 Å². The Morgan fingerprint density at radius 3 is 1.95 bits per heavy atom. The first-order valence-corrected chi connectivity index (χ1v) is 12.6. The second-order valence-electron chi connectivity index (χ2n) is 8.91. The first-order valence-electron chi connectivity index (χ1n) is 12.6. The van der Waals surface area contributed by atoms with Crippen molar-refractivity contribution in [1.29, 1.82) is 0 Å². The zero-order valence-electron chi connectivity index (χ0n) is 22.2. The second-order valence-corrected chi connectivity index (χ2v) is 8.91. The summed E-state index contributed by atoms with van der Waals surface area (Å²) >= 11 is 0. The van der Waals surface area contributed by atoms with Crippen LogP contribution in [0.1, 0.15) is 47.7 Å². The van der Waals surface area contributed by atoms with Crippen LogP contribution < -0.4 is 9.47 Å². The highest BCUT2D eigenvalue weighted by Gasteiger charge is 2.38. The van der Waals surface area contributed by atoms with Crippen LogP contribution >= 0.6 is 0 Å². The number of hydrogen-bond acceptors (Lipinski definition) is 3. The molecule has 3 nitrogen and oxygen atoms in total. The molecular formula is C32H19F8NO2. The molecule has 3 aromatic carbocycles. The number of alkyl halides is 2. The van der Waals surface area contributed by atoms with E-state index in [4.69, 9.17) is 4.74 Å². The quantitative estimate of drug-likeness (QED) is 0.0931. The summed E-state index contributed by atoms with van der Waals surface area (Å²) in [5.41, 5.74) is -2.23. The largest absolute Gasteiger partial charge is 0.492 e. The molecule has 0 unspecified atom stereocenters. The van der Waals surface area contributed by atoms with E-state index in [1.807, 2.05) is 12.8 Å². The number of halogens is 8. The molecule has 0 spiro atoms. The van der Waals surface area contributed by atoms with Crippen LogP contribution in [0.25, 0.3) is 0 Å². The molecule has 0 fully saturated rings. The van der Waals surface area contributed by atoms with Gasteiger partial charge < -0.3 is 9.47 Å². The highest BCUT2D eigenvalue weighted by Crippen LogP contribution is 2.34. The van der Waals surface area contributed by atoms with Gasteiger partial charge in [0, 0.05) is 23.3 Å². The Morgan fingerprint density at radius 1 is 0.698 bits per heavy atom. The number of aromatic nitrogens is 1. The van der Waals surface area contributed by atoms with E-state index < -0.39 is 63.5 Å². The molecule has 4 rings (SSSR count). The lowest BCUT2D eigenvalue weighted by Crippen LogP contribution is -2.23. The number of unbranched alkanes of at least 4 members (excludes halogenated alkanes) is 1. The van der Waals surface area contributed by atoms with E-state index in [9.17, 15) is 35.1 Å². The molecule has 0 N–H and O–H groups in total. The predicted molar refractivity (Wildman–Crippen MR) is 140 cm³/mol. The number of ether oxygens (including phenoxy) is 2. The lowest BCUT2D eigenvalue weighted by atomic mass is 10.1. The summed E-state index contributed by atoms with van der Waals surface area (Å²) < 4.78 is 123. The van der Waals surface area contributed by atoms with Gasteiger partial charge in [-0.2, -0.15) is 8.78 Å². The van der Waals surface area contributed by atoms with Crippen molar-refractivity contribution in [1.82, 2.24) is 4.98 Å². The Bertz CT molecular complexity index is 1720. The summed E-state index contributed by atoms with van der Waals surface area (Å²) in [7, 11) is 0. The Balaban J connectivity index is 1.48. The van der Waals surface area contributed by atoms with Crippen molar-refractivity contribution in [3.05, 3.63) is 124 Å². The zero-order chi connectivity index (χ0) is 31.1. The third-order valence-electron chi connectivity index (χ3n) is 5.70. The van der Waals surface area contributed by atoms with Gasteiger partial charge in [-0.3, -0.25) is 0 Å². The molecule has 1 aromatic heterocycles. The summed E-state index contributed by atoms with van der Waals surface area (Å²) in [6.07, 6.45) is -1.03. The van der Waals surface area contributed by atoms with Crippen LogP contribution in [0.5, 0.6) is 11.5 Å². The Kier molecular flexibility index (Phi) is 9.56. The van der Waals surface area contributed by atoms with Gasteiger partial charge in [0.15, 0.2) is 17.5 Å². The Hall–Kier alpha value is -5.03. The molecule has 0 aliphatic carbocycles. The highest BCUT2D eigenvalue weighted by atomic mass is 19.3. The molecule has 0 saturated carbocycles. The number of benzene rings is 3. The van der Waals surface area contributed by atoms with E-state index in [1.165, 1.54) is 6.20 Å². The van der Waals surface area contributed by atoms with E-state index >= 15 is 0 Å². The summed E-state index contributed by atoms with van der Waals surface area (Å²) in [5.74, 6) is -0.353. The SMILES string of the molecule is CCCCOc1ccc(C#Cc2ccc(C(F)(F)Oc3cc(F)c(C#Cc4cc(F)c(F)c(F)c4)c(F)c3)c(F)c2)nc1. The first-order chi connectivity index (χ1) is 20.5. The van der Waals surface area contributed by atoms with Gasteiger partial charge in [-0.1, -0.05) is 31.1 Å². The van der Waals surface area contributed by atoms with Crippen LogP contribution in [-0.2, 0) is 6.11 Å². The molecule has 0 aliphatic heterocycles. The van der Waals surface area contributed by atoms with Crippen molar-refractivity contribution in [2.75, 3.05) is 6.61 Å². The van der Waals surface area contributed by atoms with E-state index in [0.29, 0.717) is 48.4 Å². The van der Waals surface area contributed by atoms with Crippen LogP contribution in [-0.4, -0.2) is 11.6 Å². The summed E-state index contributed by atoms with van der Waals surface area (Å²) in [5, 5.41) is 0. The minimum absolute atomic E-state index is 0.0445. The average molecular weight is 601 g/mol. The van der Waals surface area contributed by atoms with Crippen molar-refractivity contribution in [2.45, 2.75) is 25.9 Å². The van der Waals surface area contributed by atoms with Crippen LogP contribution in [0.15, 0.2) is 60.8 Å². The minimum atomic E-state index is -4.36. The van der Waals surface area contributed by atoms with Gasteiger partial charge in [-0.25, -0.2) is 31.3 Å². The maximum atomic E-state index is 14.8.